The number of nitrogens with zero attached hydrogens (tertiary/aromatic N) is 2. The minimum Gasteiger partial charge on any atom is -0.384 e. The molecule has 1 aliphatic rings. The van der Waals surface area contributed by atoms with Gasteiger partial charge in [-0.1, -0.05) is 11.8 Å². The standard InChI is InChI=1S/C14H16N2O2S/c1-16(12-6-9-19-10-12)14(18)13-11(5-3-8-17)4-2-7-15-13/h2,4,7,12,17H,6,8-10H2,1H3. The Hall–Kier alpha value is -1.51. The van der Waals surface area contributed by atoms with E-state index in [1.54, 1.807) is 23.2 Å². The molecule has 19 heavy (non-hydrogen) atoms. The zero-order valence-electron chi connectivity index (χ0n) is 10.8. The van der Waals surface area contributed by atoms with Crippen LogP contribution in [-0.2, 0) is 0 Å². The molecule has 0 aliphatic carbocycles. The lowest BCUT2D eigenvalue weighted by atomic mass is 10.1. The van der Waals surface area contributed by atoms with Gasteiger partial charge >= 0.3 is 0 Å². The highest BCUT2D eigenvalue weighted by atomic mass is 32.2. The van der Waals surface area contributed by atoms with Crippen molar-refractivity contribution in [3.63, 3.8) is 0 Å². The Morgan fingerprint density at radius 3 is 3.21 bits per heavy atom. The molecule has 0 bridgehead atoms. The van der Waals surface area contributed by atoms with Crippen LogP contribution in [0.4, 0.5) is 0 Å². The van der Waals surface area contributed by atoms with Crippen molar-refractivity contribution >= 4 is 17.7 Å². The van der Waals surface area contributed by atoms with Crippen LogP contribution < -0.4 is 0 Å². The molecule has 100 valence electrons. The molecule has 1 fully saturated rings. The van der Waals surface area contributed by atoms with Gasteiger partial charge in [-0.05, 0) is 24.3 Å². The number of aromatic nitrogens is 1. The first-order valence-electron chi connectivity index (χ1n) is 6.13. The van der Waals surface area contributed by atoms with Crippen LogP contribution >= 0.6 is 11.8 Å². The van der Waals surface area contributed by atoms with Crippen molar-refractivity contribution in [3.05, 3.63) is 29.6 Å². The molecule has 1 amide bonds. The van der Waals surface area contributed by atoms with Gasteiger partial charge in [0.05, 0.1) is 5.56 Å². The lowest BCUT2D eigenvalue weighted by Gasteiger charge is -2.23. The van der Waals surface area contributed by atoms with E-state index >= 15 is 0 Å². The van der Waals surface area contributed by atoms with Gasteiger partial charge in [-0.15, -0.1) is 0 Å². The number of aliphatic hydroxyl groups excluding tert-OH is 1. The van der Waals surface area contributed by atoms with E-state index in [-0.39, 0.29) is 18.6 Å². The highest BCUT2D eigenvalue weighted by Gasteiger charge is 2.26. The van der Waals surface area contributed by atoms with E-state index in [4.69, 9.17) is 5.11 Å². The molecule has 2 rings (SSSR count). The van der Waals surface area contributed by atoms with E-state index in [0.717, 1.165) is 17.9 Å². The van der Waals surface area contributed by atoms with Crippen molar-refractivity contribution in [2.45, 2.75) is 12.5 Å². The van der Waals surface area contributed by atoms with Gasteiger partial charge in [0.25, 0.3) is 5.91 Å². The number of amides is 1. The molecular weight excluding hydrogens is 260 g/mol. The van der Waals surface area contributed by atoms with Crippen LogP contribution in [-0.4, -0.2) is 52.1 Å². The molecule has 0 radical (unpaired) electrons. The molecule has 0 spiro atoms. The molecule has 1 saturated heterocycles. The predicted octanol–water partition coefficient (Wildman–Crippen LogP) is 1.00. The molecule has 0 saturated carbocycles. The summed E-state index contributed by atoms with van der Waals surface area (Å²) in [6, 6.07) is 3.77. The van der Waals surface area contributed by atoms with Gasteiger partial charge < -0.3 is 10.0 Å². The third-order valence-electron chi connectivity index (χ3n) is 3.09. The molecule has 1 aliphatic heterocycles. The SMILES string of the molecule is CN(C(=O)c1ncccc1C#CCO)C1CCSC1. The summed E-state index contributed by atoms with van der Waals surface area (Å²) < 4.78 is 0. The number of hydrogen-bond acceptors (Lipinski definition) is 4. The molecule has 1 aromatic heterocycles. The third kappa shape index (κ3) is 3.28. The van der Waals surface area contributed by atoms with Crippen molar-refractivity contribution in [1.29, 1.82) is 0 Å². The summed E-state index contributed by atoms with van der Waals surface area (Å²) >= 11 is 1.87. The molecule has 0 aromatic carbocycles. The first-order valence-corrected chi connectivity index (χ1v) is 7.29. The van der Waals surface area contributed by atoms with Gasteiger partial charge in [0.15, 0.2) is 0 Å². The van der Waals surface area contributed by atoms with Crippen LogP contribution in [0.3, 0.4) is 0 Å². The molecule has 1 aromatic rings. The van der Waals surface area contributed by atoms with E-state index in [0.29, 0.717) is 11.3 Å². The van der Waals surface area contributed by atoms with Gasteiger partial charge in [-0.2, -0.15) is 11.8 Å². The topological polar surface area (TPSA) is 53.4 Å². The van der Waals surface area contributed by atoms with Crippen LogP contribution in [0.2, 0.25) is 0 Å². The number of carbonyl (C=O) groups is 1. The molecule has 2 heterocycles. The molecule has 1 N–H and O–H groups in total. The zero-order valence-corrected chi connectivity index (χ0v) is 11.6. The summed E-state index contributed by atoms with van der Waals surface area (Å²) in [7, 11) is 1.82. The number of thioether (sulfide) groups is 1. The van der Waals surface area contributed by atoms with Gasteiger partial charge in [0.1, 0.15) is 12.3 Å². The van der Waals surface area contributed by atoms with E-state index < -0.39 is 0 Å². The molecule has 5 heteroatoms. The Morgan fingerprint density at radius 2 is 2.53 bits per heavy atom. The highest BCUT2D eigenvalue weighted by Crippen LogP contribution is 2.22. The highest BCUT2D eigenvalue weighted by molar-refractivity contribution is 7.99. The van der Waals surface area contributed by atoms with Gasteiger partial charge in [-0.25, -0.2) is 4.98 Å². The molecular formula is C14H16N2O2S. The van der Waals surface area contributed by atoms with E-state index in [2.05, 4.69) is 16.8 Å². The molecule has 4 nitrogen and oxygen atoms in total. The fourth-order valence-electron chi connectivity index (χ4n) is 1.97. The minimum absolute atomic E-state index is 0.102. The Morgan fingerprint density at radius 1 is 1.68 bits per heavy atom. The predicted molar refractivity (Wildman–Crippen MR) is 76.0 cm³/mol. The number of aliphatic hydroxyl groups is 1. The zero-order chi connectivity index (χ0) is 13.7. The maximum atomic E-state index is 12.4. The summed E-state index contributed by atoms with van der Waals surface area (Å²) in [4.78, 5) is 18.3. The van der Waals surface area contributed by atoms with Gasteiger partial charge in [0, 0.05) is 25.0 Å². The largest absolute Gasteiger partial charge is 0.384 e. The normalized spacial score (nSPS) is 17.7. The van der Waals surface area contributed by atoms with Crippen molar-refractivity contribution in [1.82, 2.24) is 9.88 Å². The summed E-state index contributed by atoms with van der Waals surface area (Å²) in [6.45, 7) is -0.225. The van der Waals surface area contributed by atoms with Crippen LogP contribution in [0.25, 0.3) is 0 Å². The Labute approximate surface area is 117 Å². The fourth-order valence-corrected chi connectivity index (χ4v) is 3.24. The van der Waals surface area contributed by atoms with Gasteiger partial charge in [-0.3, -0.25) is 4.79 Å². The van der Waals surface area contributed by atoms with E-state index in [9.17, 15) is 4.79 Å². The van der Waals surface area contributed by atoms with E-state index in [1.165, 1.54) is 0 Å². The molecule has 1 atom stereocenters. The minimum atomic E-state index is -0.225. The summed E-state index contributed by atoms with van der Waals surface area (Å²) in [5.74, 6) is 7.31. The van der Waals surface area contributed by atoms with Crippen LogP contribution in [0.1, 0.15) is 22.5 Å². The van der Waals surface area contributed by atoms with Crippen molar-refractivity contribution in [2.24, 2.45) is 0 Å². The maximum Gasteiger partial charge on any atom is 0.273 e. The first kappa shape index (κ1) is 13.9. The van der Waals surface area contributed by atoms with Crippen molar-refractivity contribution < 1.29 is 9.90 Å². The quantitative estimate of drug-likeness (QED) is 0.819. The average Bonchev–Trinajstić information content (AvgIpc) is 2.98. The Bertz CT molecular complexity index is 516. The maximum absolute atomic E-state index is 12.4. The van der Waals surface area contributed by atoms with Crippen LogP contribution in [0, 0.1) is 11.8 Å². The van der Waals surface area contributed by atoms with E-state index in [1.807, 2.05) is 18.8 Å². The smallest absolute Gasteiger partial charge is 0.273 e. The van der Waals surface area contributed by atoms with Gasteiger partial charge in [0.2, 0.25) is 0 Å². The molecule has 1 unspecified atom stereocenters. The fraction of sp³-hybridized carbons (Fsp3) is 0.429. The van der Waals surface area contributed by atoms with Crippen LogP contribution in [0.15, 0.2) is 18.3 Å². The number of pyridine rings is 1. The first-order chi connectivity index (χ1) is 9.24. The second kappa shape index (κ2) is 6.60. The Balaban J connectivity index is 2.22. The lowest BCUT2D eigenvalue weighted by Crippen LogP contribution is -2.37. The second-order valence-corrected chi connectivity index (χ2v) is 5.44. The second-order valence-electron chi connectivity index (χ2n) is 4.29. The van der Waals surface area contributed by atoms with Crippen molar-refractivity contribution in [3.8, 4) is 11.8 Å². The van der Waals surface area contributed by atoms with Crippen LogP contribution in [0.5, 0.6) is 0 Å². The summed E-state index contributed by atoms with van der Waals surface area (Å²) in [6.07, 6.45) is 2.62. The monoisotopic (exact) mass is 276 g/mol. The third-order valence-corrected chi connectivity index (χ3v) is 4.23. The summed E-state index contributed by atoms with van der Waals surface area (Å²) in [5, 5.41) is 8.75. The number of carbonyl (C=O) groups excluding carboxylic acids is 1. The Kier molecular flexibility index (Phi) is 4.83. The number of rotatable bonds is 2. The summed E-state index contributed by atoms with van der Waals surface area (Å²) in [5.41, 5.74) is 0.932. The average molecular weight is 276 g/mol. The number of hydrogen-bond donors (Lipinski definition) is 1. The lowest BCUT2D eigenvalue weighted by molar-refractivity contribution is 0.0741. The van der Waals surface area contributed by atoms with Crippen molar-refractivity contribution in [2.75, 3.05) is 25.2 Å².